The lowest BCUT2D eigenvalue weighted by Gasteiger charge is -2.25. The number of carboxylic acids is 1. The van der Waals surface area contributed by atoms with Crippen LogP contribution in [-0.4, -0.2) is 24.2 Å². The Hall–Kier alpha value is -1.21. The topological polar surface area (TPSA) is 71.4 Å². The Morgan fingerprint density at radius 1 is 1.24 bits per heavy atom. The molecule has 0 aliphatic heterocycles. The Balaban J connectivity index is 3.93. The first-order valence-corrected chi connectivity index (χ1v) is 7.76. The molecular weight excluding hydrogens is 326 g/mol. The zero-order valence-corrected chi connectivity index (χ0v) is 13.4. The van der Waals surface area contributed by atoms with Crippen LogP contribution >= 0.6 is 11.6 Å². The zero-order chi connectivity index (χ0) is 16.8. The molecule has 1 aromatic carbocycles. The molecule has 4 nitrogen and oxygen atoms in total. The van der Waals surface area contributed by atoms with Crippen LogP contribution in [0.2, 0.25) is 0 Å². The number of alkyl halides is 3. The van der Waals surface area contributed by atoms with E-state index in [1.54, 1.807) is 0 Å². The number of sulfone groups is 1. The summed E-state index contributed by atoms with van der Waals surface area (Å²) in [6.07, 6.45) is 0. The number of carbonyl (C=O) groups is 1. The standard InChI is InChI=1S/C13H15ClF2O4S/c1-7-8(11(17)18)5-6-9(13(14,15)16)10(7)21(19,20)12(2,3)4/h5-6H,1-4H3,(H,17,18). The summed E-state index contributed by atoms with van der Waals surface area (Å²) in [7, 11) is -4.20. The minimum absolute atomic E-state index is 0.254. The van der Waals surface area contributed by atoms with Crippen LogP contribution in [0.1, 0.15) is 42.3 Å². The maximum Gasteiger partial charge on any atom is 0.349 e. The van der Waals surface area contributed by atoms with Crippen molar-refractivity contribution in [3.8, 4) is 0 Å². The molecule has 118 valence electrons. The predicted octanol–water partition coefficient (Wildman–Crippen LogP) is 3.55. The van der Waals surface area contributed by atoms with Gasteiger partial charge in [-0.25, -0.2) is 13.2 Å². The van der Waals surface area contributed by atoms with Crippen molar-refractivity contribution in [3.05, 3.63) is 28.8 Å². The normalized spacial score (nSPS) is 13.3. The summed E-state index contributed by atoms with van der Waals surface area (Å²) in [6.45, 7) is 5.19. The fraction of sp³-hybridized carbons (Fsp3) is 0.462. The summed E-state index contributed by atoms with van der Waals surface area (Å²) < 4.78 is 50.7. The van der Waals surface area contributed by atoms with Gasteiger partial charge in [0.1, 0.15) is 0 Å². The third-order valence-electron chi connectivity index (χ3n) is 3.02. The average Bonchev–Trinajstić information content (AvgIpc) is 2.24. The van der Waals surface area contributed by atoms with Gasteiger partial charge in [0, 0.05) is 0 Å². The number of aromatic carboxylic acids is 1. The second-order valence-electron chi connectivity index (χ2n) is 5.53. The van der Waals surface area contributed by atoms with Gasteiger partial charge < -0.3 is 5.11 Å². The van der Waals surface area contributed by atoms with Crippen LogP contribution in [0.25, 0.3) is 0 Å². The molecule has 8 heteroatoms. The molecule has 0 aromatic heterocycles. The van der Waals surface area contributed by atoms with E-state index in [1.807, 2.05) is 0 Å². The van der Waals surface area contributed by atoms with Crippen LogP contribution in [0.4, 0.5) is 8.78 Å². The molecule has 0 aliphatic carbocycles. The molecule has 1 aromatic rings. The molecule has 0 fully saturated rings. The highest BCUT2D eigenvalue weighted by atomic mass is 35.5. The molecule has 0 radical (unpaired) electrons. The maximum absolute atomic E-state index is 13.5. The van der Waals surface area contributed by atoms with Gasteiger partial charge in [-0.3, -0.25) is 0 Å². The van der Waals surface area contributed by atoms with Crippen LogP contribution < -0.4 is 0 Å². The molecule has 0 aliphatic rings. The molecule has 1 rings (SSSR count). The second kappa shape index (κ2) is 5.21. The lowest BCUT2D eigenvalue weighted by atomic mass is 10.0. The largest absolute Gasteiger partial charge is 0.478 e. The Kier molecular flexibility index (Phi) is 4.42. The molecule has 0 bridgehead atoms. The van der Waals surface area contributed by atoms with Crippen molar-refractivity contribution < 1.29 is 27.1 Å². The van der Waals surface area contributed by atoms with E-state index in [1.165, 1.54) is 27.7 Å². The van der Waals surface area contributed by atoms with Crippen molar-refractivity contribution in [2.24, 2.45) is 0 Å². The highest BCUT2D eigenvalue weighted by Gasteiger charge is 2.41. The van der Waals surface area contributed by atoms with E-state index in [9.17, 15) is 22.0 Å². The Morgan fingerprint density at radius 3 is 2.05 bits per heavy atom. The van der Waals surface area contributed by atoms with Crippen molar-refractivity contribution in [2.45, 2.75) is 42.7 Å². The molecule has 21 heavy (non-hydrogen) atoms. The van der Waals surface area contributed by atoms with Gasteiger partial charge in [-0.2, -0.15) is 8.78 Å². The number of rotatable bonds is 3. The van der Waals surface area contributed by atoms with Gasteiger partial charge in [0.05, 0.1) is 20.8 Å². The third-order valence-corrected chi connectivity index (χ3v) is 5.90. The van der Waals surface area contributed by atoms with Crippen molar-refractivity contribution in [2.75, 3.05) is 0 Å². The van der Waals surface area contributed by atoms with E-state index in [-0.39, 0.29) is 11.1 Å². The first kappa shape index (κ1) is 17.8. The monoisotopic (exact) mass is 340 g/mol. The van der Waals surface area contributed by atoms with Crippen LogP contribution in [0.15, 0.2) is 17.0 Å². The lowest BCUT2D eigenvalue weighted by Crippen LogP contribution is -2.31. The highest BCUT2D eigenvalue weighted by molar-refractivity contribution is 7.92. The maximum atomic E-state index is 13.5. The minimum atomic E-state index is -4.20. The smallest absolute Gasteiger partial charge is 0.349 e. The molecule has 0 saturated heterocycles. The number of halogens is 3. The number of hydrogen-bond donors (Lipinski definition) is 1. The quantitative estimate of drug-likeness (QED) is 0.854. The van der Waals surface area contributed by atoms with Crippen molar-refractivity contribution in [3.63, 3.8) is 0 Å². The van der Waals surface area contributed by atoms with Crippen molar-refractivity contribution in [1.82, 2.24) is 0 Å². The molecular formula is C13H15ClF2O4S. The van der Waals surface area contributed by atoms with E-state index in [0.717, 1.165) is 12.1 Å². The van der Waals surface area contributed by atoms with E-state index in [4.69, 9.17) is 16.7 Å². The zero-order valence-electron chi connectivity index (χ0n) is 11.9. The summed E-state index contributed by atoms with van der Waals surface area (Å²) in [5, 5.41) is 5.12. The second-order valence-corrected chi connectivity index (χ2v) is 8.65. The van der Waals surface area contributed by atoms with Crippen LogP contribution in [0.3, 0.4) is 0 Å². The van der Waals surface area contributed by atoms with Gasteiger partial charge in [0.15, 0.2) is 9.84 Å². The minimum Gasteiger partial charge on any atom is -0.478 e. The summed E-state index contributed by atoms with van der Waals surface area (Å²) in [5.41, 5.74) is -1.53. The van der Waals surface area contributed by atoms with Gasteiger partial charge in [-0.15, -0.1) is 0 Å². The summed E-state index contributed by atoms with van der Waals surface area (Å²) in [6, 6.07) is 1.66. The highest BCUT2D eigenvalue weighted by Crippen LogP contribution is 2.41. The third kappa shape index (κ3) is 3.18. The van der Waals surface area contributed by atoms with Crippen LogP contribution in [0, 0.1) is 6.92 Å². The molecule has 0 spiro atoms. The van der Waals surface area contributed by atoms with Gasteiger partial charge >= 0.3 is 11.4 Å². The molecule has 0 atom stereocenters. The first-order valence-electron chi connectivity index (χ1n) is 5.90. The molecule has 1 N–H and O–H groups in total. The number of carboxylic acid groups (broad SMARTS) is 1. The molecule has 0 heterocycles. The van der Waals surface area contributed by atoms with Crippen LogP contribution in [-0.2, 0) is 15.2 Å². The van der Waals surface area contributed by atoms with E-state index < -0.39 is 36.4 Å². The lowest BCUT2D eigenvalue weighted by molar-refractivity contribution is 0.0693. The average molecular weight is 341 g/mol. The Bertz CT molecular complexity index is 685. The van der Waals surface area contributed by atoms with Gasteiger partial charge in [0.25, 0.3) is 0 Å². The summed E-state index contributed by atoms with van der Waals surface area (Å²) in [4.78, 5) is 10.4. The SMILES string of the molecule is Cc1c(C(=O)O)ccc(C(F)(F)Cl)c1S(=O)(=O)C(C)(C)C. The summed E-state index contributed by atoms with van der Waals surface area (Å²) >= 11 is 4.98. The molecule has 0 amide bonds. The Morgan fingerprint density at radius 2 is 1.71 bits per heavy atom. The first-order chi connectivity index (χ1) is 9.21. The fourth-order valence-electron chi connectivity index (χ4n) is 1.80. The van der Waals surface area contributed by atoms with Crippen LogP contribution in [0.5, 0.6) is 0 Å². The van der Waals surface area contributed by atoms with E-state index >= 15 is 0 Å². The van der Waals surface area contributed by atoms with Gasteiger partial charge in [-0.1, -0.05) is 0 Å². The Labute approximate surface area is 126 Å². The molecule has 0 saturated carbocycles. The van der Waals surface area contributed by atoms with Gasteiger partial charge in [0.2, 0.25) is 0 Å². The van der Waals surface area contributed by atoms with Crippen molar-refractivity contribution >= 4 is 27.4 Å². The number of hydrogen-bond acceptors (Lipinski definition) is 3. The summed E-state index contributed by atoms with van der Waals surface area (Å²) in [5.74, 6) is -1.40. The van der Waals surface area contributed by atoms with Crippen molar-refractivity contribution in [1.29, 1.82) is 0 Å². The fourth-order valence-corrected chi connectivity index (χ4v) is 3.62. The predicted molar refractivity (Wildman–Crippen MR) is 74.8 cm³/mol. The van der Waals surface area contributed by atoms with Gasteiger partial charge in [-0.05, 0) is 57.0 Å². The number of benzene rings is 1. The molecule has 0 unspecified atom stereocenters. The van der Waals surface area contributed by atoms with E-state index in [0.29, 0.717) is 0 Å². The van der Waals surface area contributed by atoms with E-state index in [2.05, 4.69) is 0 Å².